The Hall–Kier alpha value is -2.53. The minimum absolute atomic E-state index is 0.133. The molecule has 0 radical (unpaired) electrons. The predicted octanol–water partition coefficient (Wildman–Crippen LogP) is 3.19. The second-order valence-electron chi connectivity index (χ2n) is 5.38. The van der Waals surface area contributed by atoms with Crippen molar-refractivity contribution in [3.05, 3.63) is 64.2 Å². The van der Waals surface area contributed by atoms with E-state index in [0.717, 1.165) is 16.9 Å². The van der Waals surface area contributed by atoms with Crippen molar-refractivity contribution < 1.29 is 14.3 Å². The summed E-state index contributed by atoms with van der Waals surface area (Å²) in [4.78, 5) is 23.6. The average Bonchev–Trinajstić information content (AvgIpc) is 2.56. The van der Waals surface area contributed by atoms with Gasteiger partial charge < -0.3 is 4.74 Å². The zero-order chi connectivity index (χ0) is 17.5. The predicted molar refractivity (Wildman–Crippen MR) is 93.1 cm³/mol. The minimum atomic E-state index is -0.407. The van der Waals surface area contributed by atoms with E-state index in [1.807, 2.05) is 32.0 Å². The summed E-state index contributed by atoms with van der Waals surface area (Å²) in [5.74, 6) is 0.0195. The summed E-state index contributed by atoms with van der Waals surface area (Å²) >= 11 is 5.76. The van der Waals surface area contributed by atoms with Gasteiger partial charge in [-0.2, -0.15) is 0 Å². The van der Waals surface area contributed by atoms with E-state index < -0.39 is 5.91 Å². The van der Waals surface area contributed by atoms with Gasteiger partial charge in [-0.05, 0) is 55.3 Å². The fraction of sp³-hybridized carbons (Fsp3) is 0.222. The van der Waals surface area contributed by atoms with Crippen LogP contribution in [0.3, 0.4) is 0 Å². The van der Waals surface area contributed by atoms with Gasteiger partial charge in [-0.3, -0.25) is 20.4 Å². The maximum absolute atomic E-state index is 11.8. The molecule has 0 unspecified atom stereocenters. The van der Waals surface area contributed by atoms with Crippen LogP contribution in [0.15, 0.2) is 42.5 Å². The van der Waals surface area contributed by atoms with E-state index in [2.05, 4.69) is 10.9 Å². The third-order valence-corrected chi connectivity index (χ3v) is 3.60. The molecular formula is C18H19ClN2O3. The van der Waals surface area contributed by atoms with Crippen molar-refractivity contribution in [2.45, 2.75) is 20.3 Å². The first-order valence-corrected chi connectivity index (χ1v) is 7.88. The van der Waals surface area contributed by atoms with Crippen LogP contribution in [0.4, 0.5) is 0 Å². The first kappa shape index (κ1) is 17.8. The first-order valence-electron chi connectivity index (χ1n) is 7.50. The lowest BCUT2D eigenvalue weighted by atomic mass is 10.1. The molecule has 0 spiro atoms. The molecule has 2 aromatic rings. The number of nitrogens with one attached hydrogen (secondary N) is 2. The monoisotopic (exact) mass is 346 g/mol. The highest BCUT2D eigenvalue weighted by Gasteiger charge is 2.08. The number of hydrogen-bond acceptors (Lipinski definition) is 3. The normalized spacial score (nSPS) is 10.1. The number of hydrazine groups is 1. The van der Waals surface area contributed by atoms with Gasteiger partial charge in [0, 0.05) is 10.6 Å². The van der Waals surface area contributed by atoms with E-state index in [9.17, 15) is 9.59 Å². The molecule has 24 heavy (non-hydrogen) atoms. The Morgan fingerprint density at radius 1 is 1.04 bits per heavy atom. The van der Waals surface area contributed by atoms with Crippen molar-refractivity contribution in [1.82, 2.24) is 10.9 Å². The minimum Gasteiger partial charge on any atom is -0.493 e. The summed E-state index contributed by atoms with van der Waals surface area (Å²) in [6.07, 6.45) is 0.133. The Morgan fingerprint density at radius 2 is 1.75 bits per heavy atom. The van der Waals surface area contributed by atoms with E-state index in [-0.39, 0.29) is 18.9 Å². The van der Waals surface area contributed by atoms with Crippen LogP contribution in [0.25, 0.3) is 0 Å². The van der Waals surface area contributed by atoms with Crippen LogP contribution in [0.1, 0.15) is 27.9 Å². The lowest BCUT2D eigenvalue weighted by Crippen LogP contribution is -2.42. The molecule has 0 atom stereocenters. The number of carbonyl (C=O) groups is 2. The molecule has 2 rings (SSSR count). The van der Waals surface area contributed by atoms with Crippen LogP contribution < -0.4 is 15.6 Å². The van der Waals surface area contributed by atoms with Crippen LogP contribution >= 0.6 is 11.6 Å². The van der Waals surface area contributed by atoms with E-state index in [4.69, 9.17) is 16.3 Å². The smallest absolute Gasteiger partial charge is 0.269 e. The zero-order valence-electron chi connectivity index (χ0n) is 13.6. The fourth-order valence-electron chi connectivity index (χ4n) is 1.98. The summed E-state index contributed by atoms with van der Waals surface area (Å²) in [5.41, 5.74) is 7.22. The molecular weight excluding hydrogens is 328 g/mol. The van der Waals surface area contributed by atoms with Gasteiger partial charge in [-0.15, -0.1) is 0 Å². The third kappa shape index (κ3) is 5.28. The van der Waals surface area contributed by atoms with Crippen molar-refractivity contribution in [2.24, 2.45) is 0 Å². The molecule has 2 aromatic carbocycles. The molecule has 2 N–H and O–H groups in total. The van der Waals surface area contributed by atoms with Gasteiger partial charge in [-0.1, -0.05) is 23.7 Å². The summed E-state index contributed by atoms with van der Waals surface area (Å²) in [5, 5.41) is 0.541. The van der Waals surface area contributed by atoms with E-state index in [1.165, 1.54) is 0 Å². The van der Waals surface area contributed by atoms with Crippen molar-refractivity contribution in [1.29, 1.82) is 0 Å². The summed E-state index contributed by atoms with van der Waals surface area (Å²) < 4.78 is 5.60. The first-order chi connectivity index (χ1) is 11.5. The Kier molecular flexibility index (Phi) is 6.21. The largest absolute Gasteiger partial charge is 0.493 e. The highest BCUT2D eigenvalue weighted by Crippen LogP contribution is 2.19. The SMILES string of the molecule is Cc1ccc(C)c(OCCC(=O)NNC(=O)c2ccc(Cl)cc2)c1. The molecule has 126 valence electrons. The number of hydrogen-bond donors (Lipinski definition) is 2. The molecule has 0 saturated heterocycles. The van der Waals surface area contributed by atoms with Crippen LogP contribution in [-0.2, 0) is 4.79 Å². The Morgan fingerprint density at radius 3 is 2.46 bits per heavy atom. The second kappa shape index (κ2) is 8.36. The maximum atomic E-state index is 11.8. The van der Waals surface area contributed by atoms with E-state index in [0.29, 0.717) is 10.6 Å². The maximum Gasteiger partial charge on any atom is 0.269 e. The topological polar surface area (TPSA) is 67.4 Å². The highest BCUT2D eigenvalue weighted by atomic mass is 35.5. The van der Waals surface area contributed by atoms with E-state index in [1.54, 1.807) is 24.3 Å². The molecule has 0 heterocycles. The molecule has 0 aromatic heterocycles. The quantitative estimate of drug-likeness (QED) is 0.817. The van der Waals surface area contributed by atoms with E-state index >= 15 is 0 Å². The Balaban J connectivity index is 1.74. The number of carbonyl (C=O) groups excluding carboxylic acids is 2. The standard InChI is InChI=1S/C18H19ClN2O3/c1-12-3-4-13(2)16(11-12)24-10-9-17(22)20-21-18(23)14-5-7-15(19)8-6-14/h3-8,11H,9-10H2,1-2H3,(H,20,22)(H,21,23). The second-order valence-corrected chi connectivity index (χ2v) is 5.81. The number of aryl methyl sites for hydroxylation is 2. The van der Waals surface area contributed by atoms with Gasteiger partial charge in [0.25, 0.3) is 5.91 Å². The molecule has 0 fully saturated rings. The number of rotatable bonds is 5. The summed E-state index contributed by atoms with van der Waals surface area (Å²) in [7, 11) is 0. The van der Waals surface area contributed by atoms with Gasteiger partial charge in [0.1, 0.15) is 5.75 Å². The lowest BCUT2D eigenvalue weighted by Gasteiger charge is -2.10. The molecule has 5 nitrogen and oxygen atoms in total. The Bertz CT molecular complexity index is 730. The summed E-state index contributed by atoms with van der Waals surface area (Å²) in [6, 6.07) is 12.3. The molecule has 0 saturated carbocycles. The zero-order valence-corrected chi connectivity index (χ0v) is 14.3. The molecule has 2 amide bonds. The van der Waals surface area contributed by atoms with Gasteiger partial charge in [0.15, 0.2) is 0 Å². The third-order valence-electron chi connectivity index (χ3n) is 3.35. The number of ether oxygens (including phenoxy) is 1. The number of halogens is 1. The van der Waals surface area contributed by atoms with Crippen LogP contribution in [0.5, 0.6) is 5.75 Å². The van der Waals surface area contributed by atoms with Crippen molar-refractivity contribution in [3.63, 3.8) is 0 Å². The lowest BCUT2D eigenvalue weighted by molar-refractivity contribution is -0.122. The van der Waals surface area contributed by atoms with Gasteiger partial charge in [-0.25, -0.2) is 0 Å². The fourth-order valence-corrected chi connectivity index (χ4v) is 2.10. The van der Waals surface area contributed by atoms with Crippen molar-refractivity contribution >= 4 is 23.4 Å². The van der Waals surface area contributed by atoms with Gasteiger partial charge in [0.2, 0.25) is 5.91 Å². The Labute approximate surface area is 145 Å². The number of benzene rings is 2. The van der Waals surface area contributed by atoms with Crippen LogP contribution in [-0.4, -0.2) is 18.4 Å². The average molecular weight is 347 g/mol. The van der Waals surface area contributed by atoms with Crippen molar-refractivity contribution in [3.8, 4) is 5.75 Å². The van der Waals surface area contributed by atoms with Crippen LogP contribution in [0, 0.1) is 13.8 Å². The molecule has 0 aliphatic rings. The van der Waals surface area contributed by atoms with Crippen molar-refractivity contribution in [2.75, 3.05) is 6.61 Å². The molecule has 0 aliphatic heterocycles. The molecule has 6 heteroatoms. The van der Waals surface area contributed by atoms with Gasteiger partial charge in [0.05, 0.1) is 13.0 Å². The molecule has 0 bridgehead atoms. The summed E-state index contributed by atoms with van der Waals surface area (Å²) in [6.45, 7) is 4.15. The van der Waals surface area contributed by atoms with Crippen LogP contribution in [0.2, 0.25) is 5.02 Å². The molecule has 0 aliphatic carbocycles. The van der Waals surface area contributed by atoms with Gasteiger partial charge >= 0.3 is 0 Å². The highest BCUT2D eigenvalue weighted by molar-refractivity contribution is 6.30. The number of amides is 2.